The fourth-order valence-electron chi connectivity index (χ4n) is 3.14. The van der Waals surface area contributed by atoms with Crippen molar-refractivity contribution in [1.82, 2.24) is 15.0 Å². The molecule has 0 fully saturated rings. The lowest BCUT2D eigenvalue weighted by Crippen LogP contribution is -2.05. The predicted octanol–water partition coefficient (Wildman–Crippen LogP) is 4.28. The fraction of sp³-hybridized carbons (Fsp3) is 0.0526. The molecule has 0 aliphatic carbocycles. The van der Waals surface area contributed by atoms with E-state index >= 15 is 0 Å². The molecule has 30 heavy (non-hydrogen) atoms. The predicted molar refractivity (Wildman–Crippen MR) is 112 cm³/mol. The maximum absolute atomic E-state index is 11.8. The third-order valence-corrected chi connectivity index (χ3v) is 5.92. The Hall–Kier alpha value is -2.80. The van der Waals surface area contributed by atoms with Gasteiger partial charge in [0.1, 0.15) is 15.9 Å². The molecule has 1 aromatic heterocycles. The van der Waals surface area contributed by atoms with Gasteiger partial charge in [-0.05, 0) is 30.7 Å². The van der Waals surface area contributed by atoms with Gasteiger partial charge < -0.3 is 0 Å². The first-order chi connectivity index (χ1) is 14.4. The number of fused-ring (bicyclic) bond motifs is 3. The van der Waals surface area contributed by atoms with Crippen molar-refractivity contribution in [2.75, 3.05) is 0 Å². The molecular weight excluding hydrogens is 430 g/mol. The zero-order chi connectivity index (χ0) is 21.3. The van der Waals surface area contributed by atoms with Gasteiger partial charge >= 0.3 is 0 Å². The summed E-state index contributed by atoms with van der Waals surface area (Å²) in [5.41, 5.74) is 1.82. The van der Waals surface area contributed by atoms with Crippen LogP contribution in [0.25, 0.3) is 33.6 Å². The molecule has 0 aliphatic rings. The molecule has 4 aromatic rings. The van der Waals surface area contributed by atoms with Crippen LogP contribution in [0.2, 0.25) is 0 Å². The van der Waals surface area contributed by atoms with Crippen molar-refractivity contribution in [2.24, 2.45) is 0 Å². The second-order valence-corrected chi connectivity index (χ2v) is 8.33. The minimum Gasteiger partial charge on any atom is -0.282 e. The van der Waals surface area contributed by atoms with Crippen molar-refractivity contribution in [3.63, 3.8) is 0 Å². The molecule has 0 unspecified atom stereocenters. The molecule has 9 nitrogen and oxygen atoms in total. The Morgan fingerprint density at radius 2 is 1.87 bits per heavy atom. The molecule has 0 radical (unpaired) electrons. The topological polar surface area (TPSA) is 124 Å². The van der Waals surface area contributed by atoms with Crippen molar-refractivity contribution in [2.45, 2.75) is 16.7 Å². The highest BCUT2D eigenvalue weighted by atomic mass is 32.2. The standard InChI is InChI=1S/C19H15N3O6S2/c1-2-5-12-8-9-13(10-18(12)30(24,25)26)22-20-16-11-17(29-28-27-23)14-6-3-4-7-15(14)19(16)21-22/h2-11,23H,1H3,(H,24,25,26). The van der Waals surface area contributed by atoms with Gasteiger partial charge in [0.2, 0.25) is 0 Å². The number of hydrogen-bond donors (Lipinski definition) is 2. The average Bonchev–Trinajstić information content (AvgIpc) is 3.16. The Morgan fingerprint density at radius 1 is 1.10 bits per heavy atom. The maximum Gasteiger partial charge on any atom is 0.295 e. The fourth-order valence-corrected chi connectivity index (χ4v) is 4.37. The van der Waals surface area contributed by atoms with Crippen LogP contribution in [0.1, 0.15) is 12.5 Å². The minimum absolute atomic E-state index is 0.242. The van der Waals surface area contributed by atoms with Crippen LogP contribution in [0.5, 0.6) is 0 Å². The van der Waals surface area contributed by atoms with Gasteiger partial charge in [0.05, 0.1) is 17.7 Å². The van der Waals surface area contributed by atoms with E-state index in [0.717, 1.165) is 22.8 Å². The summed E-state index contributed by atoms with van der Waals surface area (Å²) in [7, 11) is -4.45. The summed E-state index contributed by atoms with van der Waals surface area (Å²) in [5.74, 6) is 0. The van der Waals surface area contributed by atoms with Crippen LogP contribution >= 0.6 is 12.0 Å². The molecule has 0 atom stereocenters. The second kappa shape index (κ2) is 8.14. The summed E-state index contributed by atoms with van der Waals surface area (Å²) in [6.07, 6.45) is 3.26. The molecule has 0 spiro atoms. The van der Waals surface area contributed by atoms with Crippen LogP contribution in [-0.4, -0.2) is 33.2 Å². The van der Waals surface area contributed by atoms with E-state index in [4.69, 9.17) is 5.26 Å². The largest absolute Gasteiger partial charge is 0.295 e. The average molecular weight is 445 g/mol. The third-order valence-electron chi connectivity index (χ3n) is 4.36. The summed E-state index contributed by atoms with van der Waals surface area (Å²) in [6, 6.07) is 13.7. The lowest BCUT2D eigenvalue weighted by Gasteiger charge is -2.06. The number of benzene rings is 3. The monoisotopic (exact) mass is 445 g/mol. The molecule has 154 valence electrons. The van der Waals surface area contributed by atoms with Crippen LogP contribution in [-0.2, 0) is 19.5 Å². The maximum atomic E-state index is 11.8. The molecule has 2 N–H and O–H groups in total. The first kappa shape index (κ1) is 20.5. The lowest BCUT2D eigenvalue weighted by molar-refractivity contribution is -0.432. The quantitative estimate of drug-likeness (QED) is 0.194. The van der Waals surface area contributed by atoms with Crippen molar-refractivity contribution in [3.8, 4) is 5.69 Å². The van der Waals surface area contributed by atoms with Gasteiger partial charge in [-0.3, -0.25) is 4.55 Å². The summed E-state index contributed by atoms with van der Waals surface area (Å²) < 4.78 is 37.8. The molecule has 0 saturated heterocycles. The highest BCUT2D eigenvalue weighted by molar-refractivity contribution is 7.94. The second-order valence-electron chi connectivity index (χ2n) is 6.20. The van der Waals surface area contributed by atoms with E-state index in [1.54, 1.807) is 37.3 Å². The molecule has 4 rings (SSSR count). The first-order valence-electron chi connectivity index (χ1n) is 8.60. The van der Waals surface area contributed by atoms with Crippen LogP contribution in [0.3, 0.4) is 0 Å². The highest BCUT2D eigenvalue weighted by Gasteiger charge is 2.18. The number of nitrogens with zero attached hydrogens (tertiary/aromatic N) is 3. The Bertz CT molecular complexity index is 1380. The van der Waals surface area contributed by atoms with E-state index in [0.29, 0.717) is 27.2 Å². The number of aromatic nitrogens is 3. The highest BCUT2D eigenvalue weighted by Crippen LogP contribution is 2.34. The van der Waals surface area contributed by atoms with Gasteiger partial charge in [-0.1, -0.05) is 47.5 Å². The van der Waals surface area contributed by atoms with E-state index in [9.17, 15) is 13.0 Å². The van der Waals surface area contributed by atoms with E-state index in [1.807, 2.05) is 24.3 Å². The first-order valence-corrected chi connectivity index (χ1v) is 10.8. The van der Waals surface area contributed by atoms with Gasteiger partial charge in [0.25, 0.3) is 10.1 Å². The summed E-state index contributed by atoms with van der Waals surface area (Å²) in [5, 5.41) is 22.7. The molecule has 0 saturated carbocycles. The van der Waals surface area contributed by atoms with Crippen molar-refractivity contribution >= 4 is 50.0 Å². The van der Waals surface area contributed by atoms with E-state index in [1.165, 1.54) is 10.9 Å². The normalized spacial score (nSPS) is 12.4. The van der Waals surface area contributed by atoms with Gasteiger partial charge in [-0.25, -0.2) is 5.26 Å². The molecule has 3 aromatic carbocycles. The van der Waals surface area contributed by atoms with Crippen molar-refractivity contribution in [3.05, 3.63) is 60.2 Å². The molecule has 0 amide bonds. The SMILES string of the molecule is CC=Cc1ccc(-n2nc3cc(SOOO)c4ccccc4c3n2)cc1S(=O)(=O)O. The third kappa shape index (κ3) is 3.81. The van der Waals surface area contributed by atoms with Gasteiger partial charge in [-0.15, -0.1) is 14.5 Å². The summed E-state index contributed by atoms with van der Waals surface area (Å²) >= 11 is 0.814. The summed E-state index contributed by atoms with van der Waals surface area (Å²) in [6.45, 7) is 1.75. The van der Waals surface area contributed by atoms with Gasteiger partial charge in [-0.2, -0.15) is 13.2 Å². The van der Waals surface area contributed by atoms with E-state index in [2.05, 4.69) is 19.6 Å². The van der Waals surface area contributed by atoms with Gasteiger partial charge in [0, 0.05) is 15.7 Å². The lowest BCUT2D eigenvalue weighted by atomic mass is 10.1. The molecule has 0 aliphatic heterocycles. The van der Waals surface area contributed by atoms with Crippen molar-refractivity contribution < 1.29 is 27.6 Å². The zero-order valence-electron chi connectivity index (χ0n) is 15.5. The number of rotatable bonds is 6. The van der Waals surface area contributed by atoms with E-state index in [-0.39, 0.29) is 4.90 Å². The minimum atomic E-state index is -4.45. The molecule has 0 bridgehead atoms. The van der Waals surface area contributed by atoms with Crippen LogP contribution in [0.4, 0.5) is 0 Å². The number of allylic oxidation sites excluding steroid dienone is 1. The smallest absolute Gasteiger partial charge is 0.282 e. The molecular formula is C19H15N3O6S2. The Kier molecular flexibility index (Phi) is 5.56. The van der Waals surface area contributed by atoms with Crippen LogP contribution in [0.15, 0.2) is 64.4 Å². The number of hydrogen-bond acceptors (Lipinski definition) is 8. The van der Waals surface area contributed by atoms with Crippen molar-refractivity contribution in [1.29, 1.82) is 0 Å². The Morgan fingerprint density at radius 3 is 2.57 bits per heavy atom. The summed E-state index contributed by atoms with van der Waals surface area (Å²) in [4.78, 5) is 1.69. The zero-order valence-corrected chi connectivity index (χ0v) is 17.1. The van der Waals surface area contributed by atoms with Gasteiger partial charge in [0.15, 0.2) is 0 Å². The van der Waals surface area contributed by atoms with Crippen LogP contribution < -0.4 is 0 Å². The molecule has 11 heteroatoms. The van der Waals surface area contributed by atoms with E-state index < -0.39 is 10.1 Å². The van der Waals surface area contributed by atoms with Crippen LogP contribution in [0, 0.1) is 0 Å². The Labute approximate surface area is 175 Å². The molecule has 1 heterocycles. The Balaban J connectivity index is 1.92.